The van der Waals surface area contributed by atoms with Crippen LogP contribution >= 0.6 is 0 Å². The Kier molecular flexibility index (Phi) is 8.48. The van der Waals surface area contributed by atoms with Crippen molar-refractivity contribution in [2.75, 3.05) is 27.2 Å². The lowest BCUT2D eigenvalue weighted by Gasteiger charge is -2.22. The summed E-state index contributed by atoms with van der Waals surface area (Å²) in [5.74, 6) is -0.185. The van der Waals surface area contributed by atoms with Gasteiger partial charge < -0.3 is 25.0 Å². The van der Waals surface area contributed by atoms with Crippen LogP contribution in [0.1, 0.15) is 67.8 Å². The van der Waals surface area contributed by atoms with Crippen molar-refractivity contribution in [2.24, 2.45) is 0 Å². The first kappa shape index (κ1) is 28.4. The Labute approximate surface area is 232 Å². The number of benzene rings is 3. The minimum absolute atomic E-state index is 0.0768. The van der Waals surface area contributed by atoms with Crippen molar-refractivity contribution >= 4 is 16.9 Å². The monoisotopic (exact) mass is 527 g/mol. The van der Waals surface area contributed by atoms with Gasteiger partial charge in [0.15, 0.2) is 0 Å². The summed E-state index contributed by atoms with van der Waals surface area (Å²) >= 11 is 0. The van der Waals surface area contributed by atoms with E-state index >= 15 is 0 Å². The number of carboxylic acids is 1. The zero-order valence-corrected chi connectivity index (χ0v) is 24.1. The number of aromatic carboxylic acids is 1. The molecule has 0 aliphatic carbocycles. The minimum Gasteiger partial charge on any atom is -0.491 e. The van der Waals surface area contributed by atoms with Crippen molar-refractivity contribution in [3.63, 3.8) is 0 Å². The molecule has 4 rings (SSSR count). The van der Waals surface area contributed by atoms with Crippen LogP contribution in [0.3, 0.4) is 0 Å². The van der Waals surface area contributed by atoms with E-state index in [1.807, 2.05) is 64.3 Å². The van der Waals surface area contributed by atoms with E-state index in [4.69, 9.17) is 4.74 Å². The SMILES string of the molecule is CC(C)Oc1ccc(C(NCCN(C)C)c2c(C(=O)O)[nH]c3ccc(-c4ccc(C(C)(C)C)cc4)cc23)cc1. The smallest absolute Gasteiger partial charge is 0.352 e. The van der Waals surface area contributed by atoms with Crippen LogP contribution in [0.2, 0.25) is 0 Å². The van der Waals surface area contributed by atoms with Gasteiger partial charge in [-0.25, -0.2) is 4.79 Å². The maximum absolute atomic E-state index is 12.5. The predicted molar refractivity (Wildman–Crippen MR) is 160 cm³/mol. The molecule has 0 amide bonds. The second-order valence-electron chi connectivity index (χ2n) is 11.7. The summed E-state index contributed by atoms with van der Waals surface area (Å²) in [5.41, 5.74) is 6.22. The summed E-state index contributed by atoms with van der Waals surface area (Å²) in [6.07, 6.45) is 0.0768. The molecule has 39 heavy (non-hydrogen) atoms. The third-order valence-electron chi connectivity index (χ3n) is 6.92. The zero-order chi connectivity index (χ0) is 28.3. The topological polar surface area (TPSA) is 77.6 Å². The average molecular weight is 528 g/mol. The van der Waals surface area contributed by atoms with E-state index in [2.05, 4.69) is 66.3 Å². The number of H-pyrrole nitrogens is 1. The van der Waals surface area contributed by atoms with E-state index in [9.17, 15) is 9.90 Å². The van der Waals surface area contributed by atoms with Gasteiger partial charge in [-0.1, -0.05) is 63.2 Å². The highest BCUT2D eigenvalue weighted by atomic mass is 16.5. The predicted octanol–water partition coefficient (Wildman–Crippen LogP) is 6.86. The fourth-order valence-electron chi connectivity index (χ4n) is 4.85. The maximum Gasteiger partial charge on any atom is 0.352 e. The second-order valence-corrected chi connectivity index (χ2v) is 11.7. The lowest BCUT2D eigenvalue weighted by molar-refractivity contribution is 0.0689. The number of hydrogen-bond donors (Lipinski definition) is 3. The second kappa shape index (κ2) is 11.6. The molecule has 206 valence electrons. The molecule has 0 radical (unpaired) electrons. The molecule has 0 saturated carbocycles. The Hall–Kier alpha value is -3.61. The highest BCUT2D eigenvalue weighted by molar-refractivity contribution is 5.99. The number of ether oxygens (including phenoxy) is 1. The third kappa shape index (κ3) is 6.70. The van der Waals surface area contributed by atoms with Gasteiger partial charge in [0.1, 0.15) is 11.4 Å². The number of carbonyl (C=O) groups is 1. The van der Waals surface area contributed by atoms with Crippen LogP contribution < -0.4 is 10.1 Å². The molecule has 1 aromatic heterocycles. The molecule has 3 N–H and O–H groups in total. The molecule has 0 bridgehead atoms. The fraction of sp³-hybridized carbons (Fsp3) is 0.364. The summed E-state index contributed by atoms with van der Waals surface area (Å²) in [5, 5.41) is 14.8. The summed E-state index contributed by atoms with van der Waals surface area (Å²) in [6.45, 7) is 12.1. The van der Waals surface area contributed by atoms with E-state index in [1.54, 1.807) is 0 Å². The van der Waals surface area contributed by atoms with Crippen molar-refractivity contribution in [1.29, 1.82) is 0 Å². The Morgan fingerprint density at radius 3 is 2.18 bits per heavy atom. The van der Waals surface area contributed by atoms with Gasteiger partial charge in [0.2, 0.25) is 0 Å². The van der Waals surface area contributed by atoms with Gasteiger partial charge in [-0.2, -0.15) is 0 Å². The summed E-state index contributed by atoms with van der Waals surface area (Å²) in [4.78, 5) is 17.8. The summed E-state index contributed by atoms with van der Waals surface area (Å²) < 4.78 is 5.85. The molecule has 0 aliphatic heterocycles. The zero-order valence-electron chi connectivity index (χ0n) is 24.1. The number of carboxylic acid groups (broad SMARTS) is 1. The molecular formula is C33H41N3O3. The number of hydrogen-bond acceptors (Lipinski definition) is 4. The summed E-state index contributed by atoms with van der Waals surface area (Å²) in [6, 6.07) is 22.4. The third-order valence-corrected chi connectivity index (χ3v) is 6.92. The number of likely N-dealkylation sites (N-methyl/N-ethyl adjacent to an activating group) is 1. The molecule has 0 aliphatic rings. The number of aromatic nitrogens is 1. The lowest BCUT2D eigenvalue weighted by atomic mass is 9.86. The van der Waals surface area contributed by atoms with Crippen LogP contribution in [0, 0.1) is 0 Å². The fourth-order valence-corrected chi connectivity index (χ4v) is 4.85. The number of fused-ring (bicyclic) bond motifs is 1. The Bertz CT molecular complexity index is 1410. The van der Waals surface area contributed by atoms with Crippen LogP contribution in [0.4, 0.5) is 0 Å². The Balaban J connectivity index is 1.83. The first-order chi connectivity index (χ1) is 18.4. The van der Waals surface area contributed by atoms with Gasteiger partial charge in [0.05, 0.1) is 12.1 Å². The molecule has 6 heteroatoms. The van der Waals surface area contributed by atoms with Crippen molar-refractivity contribution in [2.45, 2.75) is 52.2 Å². The van der Waals surface area contributed by atoms with Gasteiger partial charge in [0.25, 0.3) is 0 Å². The number of nitrogens with one attached hydrogen (secondary N) is 2. The van der Waals surface area contributed by atoms with Gasteiger partial charge in [-0.15, -0.1) is 0 Å². The largest absolute Gasteiger partial charge is 0.491 e. The highest BCUT2D eigenvalue weighted by Gasteiger charge is 2.26. The van der Waals surface area contributed by atoms with E-state index in [0.29, 0.717) is 6.54 Å². The molecule has 1 unspecified atom stereocenters. The van der Waals surface area contributed by atoms with Crippen LogP contribution in [0.5, 0.6) is 5.75 Å². The summed E-state index contributed by atoms with van der Waals surface area (Å²) in [7, 11) is 4.06. The van der Waals surface area contributed by atoms with Crippen molar-refractivity contribution in [3.05, 3.63) is 89.1 Å². The maximum atomic E-state index is 12.5. The van der Waals surface area contributed by atoms with E-state index in [-0.39, 0.29) is 23.3 Å². The molecule has 6 nitrogen and oxygen atoms in total. The highest BCUT2D eigenvalue weighted by Crippen LogP contribution is 2.36. The van der Waals surface area contributed by atoms with Crippen molar-refractivity contribution < 1.29 is 14.6 Å². The van der Waals surface area contributed by atoms with Crippen molar-refractivity contribution in [3.8, 4) is 16.9 Å². The average Bonchev–Trinajstić information content (AvgIpc) is 3.25. The van der Waals surface area contributed by atoms with Crippen LogP contribution in [-0.2, 0) is 5.41 Å². The molecule has 0 saturated heterocycles. The Morgan fingerprint density at radius 1 is 0.974 bits per heavy atom. The van der Waals surface area contributed by atoms with Crippen LogP contribution in [0.15, 0.2) is 66.7 Å². The van der Waals surface area contributed by atoms with Gasteiger partial charge >= 0.3 is 5.97 Å². The van der Waals surface area contributed by atoms with Gasteiger partial charge in [-0.05, 0) is 79.9 Å². The molecule has 4 aromatic rings. The Morgan fingerprint density at radius 2 is 1.62 bits per heavy atom. The molecule has 1 heterocycles. The molecule has 0 fully saturated rings. The number of rotatable bonds is 10. The lowest BCUT2D eigenvalue weighted by Crippen LogP contribution is -2.31. The molecule has 3 aromatic carbocycles. The molecule has 0 spiro atoms. The van der Waals surface area contributed by atoms with Crippen LogP contribution in [-0.4, -0.2) is 54.2 Å². The number of nitrogens with zero attached hydrogens (tertiary/aromatic N) is 1. The van der Waals surface area contributed by atoms with Crippen molar-refractivity contribution in [1.82, 2.24) is 15.2 Å². The first-order valence-electron chi connectivity index (χ1n) is 13.6. The molecular weight excluding hydrogens is 486 g/mol. The molecule has 1 atom stereocenters. The standard InChI is InChI=1S/C33H41N3O3/c1-21(2)39-26-15-10-23(11-16-26)30(34-18-19-36(6)7)29-27-20-24(12-17-28(27)35-31(29)32(37)38)22-8-13-25(14-9-22)33(3,4)5/h8-17,20-21,30,34-35H,18-19H2,1-7H3,(H,37,38). The van der Waals surface area contributed by atoms with E-state index in [1.165, 1.54) is 5.56 Å². The minimum atomic E-state index is -0.976. The van der Waals surface area contributed by atoms with E-state index < -0.39 is 5.97 Å². The van der Waals surface area contributed by atoms with E-state index in [0.717, 1.165) is 45.5 Å². The van der Waals surface area contributed by atoms with Gasteiger partial charge in [0, 0.05) is 29.6 Å². The number of aromatic amines is 1. The quantitative estimate of drug-likeness (QED) is 0.210. The normalized spacial score (nSPS) is 12.8. The van der Waals surface area contributed by atoms with Crippen LogP contribution in [0.25, 0.3) is 22.0 Å². The first-order valence-corrected chi connectivity index (χ1v) is 13.6. The van der Waals surface area contributed by atoms with Gasteiger partial charge in [-0.3, -0.25) is 0 Å².